The van der Waals surface area contributed by atoms with Crippen LogP contribution in [0.5, 0.6) is 6.01 Å². The molecule has 7 heteroatoms. The number of aryl methyl sites for hydroxylation is 1. The third-order valence-corrected chi connectivity index (χ3v) is 3.73. The van der Waals surface area contributed by atoms with Gasteiger partial charge in [0.25, 0.3) is 5.91 Å². The number of aromatic nitrogens is 3. The van der Waals surface area contributed by atoms with Gasteiger partial charge in [0.1, 0.15) is 0 Å². The van der Waals surface area contributed by atoms with Crippen molar-refractivity contribution in [1.29, 1.82) is 0 Å². The second kappa shape index (κ2) is 6.97. The van der Waals surface area contributed by atoms with E-state index in [1.807, 2.05) is 36.6 Å². The Kier molecular flexibility index (Phi) is 4.58. The fraction of sp³-hybridized carbons (Fsp3) is 0.125. The average molecular weight is 326 g/mol. The van der Waals surface area contributed by atoms with Crippen LogP contribution in [0.2, 0.25) is 0 Å². The highest BCUT2D eigenvalue weighted by Gasteiger charge is 2.06. The summed E-state index contributed by atoms with van der Waals surface area (Å²) in [5, 5.41) is 5.79. The van der Waals surface area contributed by atoms with Crippen LogP contribution in [0.3, 0.4) is 0 Å². The molecule has 0 aliphatic carbocycles. The maximum Gasteiger partial charge on any atom is 0.316 e. The van der Waals surface area contributed by atoms with E-state index in [9.17, 15) is 4.79 Å². The number of hydrogen-bond donors (Lipinski definition) is 1. The molecule has 0 atom stereocenters. The van der Waals surface area contributed by atoms with Gasteiger partial charge in [-0.15, -0.1) is 11.3 Å². The zero-order valence-corrected chi connectivity index (χ0v) is 13.2. The first-order valence-electron chi connectivity index (χ1n) is 6.93. The van der Waals surface area contributed by atoms with Crippen LogP contribution in [0.4, 0.5) is 5.69 Å². The highest BCUT2D eigenvalue weighted by atomic mass is 32.1. The molecule has 0 aliphatic heterocycles. The summed E-state index contributed by atoms with van der Waals surface area (Å²) in [5.74, 6) is -0.269. The highest BCUT2D eigenvalue weighted by molar-refractivity contribution is 7.09. The van der Waals surface area contributed by atoms with Gasteiger partial charge in [0.2, 0.25) is 0 Å². The van der Waals surface area contributed by atoms with Gasteiger partial charge >= 0.3 is 6.01 Å². The van der Waals surface area contributed by atoms with Gasteiger partial charge < -0.3 is 10.1 Å². The van der Waals surface area contributed by atoms with Gasteiger partial charge in [-0.1, -0.05) is 12.1 Å². The van der Waals surface area contributed by atoms with E-state index in [0.717, 1.165) is 16.3 Å². The lowest BCUT2D eigenvalue weighted by molar-refractivity contribution is -0.118. The van der Waals surface area contributed by atoms with Crippen LogP contribution in [-0.4, -0.2) is 27.5 Å². The maximum absolute atomic E-state index is 11.8. The molecular weight excluding hydrogens is 312 g/mol. The smallest absolute Gasteiger partial charge is 0.316 e. The summed E-state index contributed by atoms with van der Waals surface area (Å²) in [4.78, 5) is 24.0. The number of nitrogens with one attached hydrogen (secondary N) is 1. The molecule has 2 aromatic heterocycles. The lowest BCUT2D eigenvalue weighted by Crippen LogP contribution is -2.20. The molecule has 1 aromatic carbocycles. The Bertz CT molecular complexity index is 787. The zero-order valence-electron chi connectivity index (χ0n) is 12.4. The standard InChI is InChI=1S/C16H14N4O2S/c1-11-19-14(10-23-11)12-3-5-13(6-4-12)20-15(21)9-22-16-17-7-2-8-18-16/h2-8,10H,9H2,1H3,(H,20,21). The number of benzene rings is 1. The summed E-state index contributed by atoms with van der Waals surface area (Å²) in [6, 6.07) is 9.37. The van der Waals surface area contributed by atoms with Crippen molar-refractivity contribution < 1.29 is 9.53 Å². The Morgan fingerprint density at radius 3 is 2.61 bits per heavy atom. The average Bonchev–Trinajstić information content (AvgIpc) is 3.01. The third kappa shape index (κ3) is 4.10. The van der Waals surface area contributed by atoms with Crippen LogP contribution in [0.15, 0.2) is 48.1 Å². The lowest BCUT2D eigenvalue weighted by Gasteiger charge is -2.06. The minimum atomic E-state index is -0.269. The summed E-state index contributed by atoms with van der Waals surface area (Å²) in [5.41, 5.74) is 2.65. The first-order valence-corrected chi connectivity index (χ1v) is 7.81. The summed E-state index contributed by atoms with van der Waals surface area (Å²) < 4.78 is 5.19. The number of carbonyl (C=O) groups excluding carboxylic acids is 1. The lowest BCUT2D eigenvalue weighted by atomic mass is 10.1. The highest BCUT2D eigenvalue weighted by Crippen LogP contribution is 2.23. The summed E-state index contributed by atoms with van der Waals surface area (Å²) in [6.07, 6.45) is 3.11. The summed E-state index contributed by atoms with van der Waals surface area (Å²) in [6.45, 7) is 1.83. The number of nitrogens with zero attached hydrogens (tertiary/aromatic N) is 3. The van der Waals surface area contributed by atoms with Crippen LogP contribution in [0.1, 0.15) is 5.01 Å². The normalized spacial score (nSPS) is 10.3. The molecule has 6 nitrogen and oxygen atoms in total. The summed E-state index contributed by atoms with van der Waals surface area (Å²) in [7, 11) is 0. The molecule has 0 saturated carbocycles. The Balaban J connectivity index is 1.56. The molecule has 3 rings (SSSR count). The second-order valence-corrected chi connectivity index (χ2v) is 5.76. The Labute approximate surface area is 137 Å². The van der Waals surface area contributed by atoms with Crippen LogP contribution < -0.4 is 10.1 Å². The predicted molar refractivity (Wildman–Crippen MR) is 88.4 cm³/mol. The van der Waals surface area contributed by atoms with Crippen molar-refractivity contribution in [2.45, 2.75) is 6.92 Å². The Morgan fingerprint density at radius 1 is 1.22 bits per heavy atom. The van der Waals surface area contributed by atoms with E-state index >= 15 is 0 Å². The van der Waals surface area contributed by atoms with Crippen LogP contribution in [0.25, 0.3) is 11.3 Å². The molecule has 0 saturated heterocycles. The predicted octanol–water partition coefficient (Wildman–Crippen LogP) is 2.93. The van der Waals surface area contributed by atoms with Crippen LogP contribution in [-0.2, 0) is 4.79 Å². The molecule has 116 valence electrons. The molecule has 0 fully saturated rings. The quantitative estimate of drug-likeness (QED) is 0.780. The number of carbonyl (C=O) groups is 1. The molecule has 0 spiro atoms. The SMILES string of the molecule is Cc1nc(-c2ccc(NC(=O)COc3ncccn3)cc2)cs1. The second-order valence-electron chi connectivity index (χ2n) is 4.70. The van der Waals surface area contributed by atoms with Gasteiger partial charge in [0.05, 0.1) is 10.7 Å². The van der Waals surface area contributed by atoms with Gasteiger partial charge in [-0.3, -0.25) is 4.79 Å². The van der Waals surface area contributed by atoms with Gasteiger partial charge in [-0.2, -0.15) is 0 Å². The number of amides is 1. The number of anilines is 1. The van der Waals surface area contributed by atoms with Crippen molar-refractivity contribution in [3.05, 3.63) is 53.1 Å². The van der Waals surface area contributed by atoms with Gasteiger partial charge in [0, 0.05) is 29.0 Å². The van der Waals surface area contributed by atoms with Crippen molar-refractivity contribution in [1.82, 2.24) is 15.0 Å². The van der Waals surface area contributed by atoms with Crippen molar-refractivity contribution >= 4 is 22.9 Å². The molecule has 3 aromatic rings. The molecule has 1 N–H and O–H groups in total. The van der Waals surface area contributed by atoms with E-state index in [-0.39, 0.29) is 18.5 Å². The molecule has 2 heterocycles. The minimum Gasteiger partial charge on any atom is -0.453 e. The van der Waals surface area contributed by atoms with Crippen molar-refractivity contribution in [3.63, 3.8) is 0 Å². The topological polar surface area (TPSA) is 77.0 Å². The minimum absolute atomic E-state index is 0.142. The zero-order chi connectivity index (χ0) is 16.1. The maximum atomic E-state index is 11.8. The van der Waals surface area contributed by atoms with Gasteiger partial charge in [-0.25, -0.2) is 15.0 Å². The molecule has 0 bridgehead atoms. The van der Waals surface area contributed by atoms with E-state index in [1.165, 1.54) is 0 Å². The van der Waals surface area contributed by atoms with Crippen LogP contribution in [0, 0.1) is 6.92 Å². The Hall–Kier alpha value is -2.80. The molecule has 1 amide bonds. The summed E-state index contributed by atoms with van der Waals surface area (Å²) >= 11 is 1.61. The van der Waals surface area contributed by atoms with E-state index in [1.54, 1.807) is 29.8 Å². The molecular formula is C16H14N4O2S. The molecule has 23 heavy (non-hydrogen) atoms. The molecule has 0 unspecified atom stereocenters. The number of rotatable bonds is 5. The third-order valence-electron chi connectivity index (χ3n) is 2.96. The monoisotopic (exact) mass is 326 g/mol. The number of ether oxygens (including phenoxy) is 1. The van der Waals surface area contributed by atoms with Gasteiger partial charge in [-0.05, 0) is 25.1 Å². The molecule has 0 radical (unpaired) electrons. The van der Waals surface area contributed by atoms with Crippen molar-refractivity contribution in [2.24, 2.45) is 0 Å². The fourth-order valence-corrected chi connectivity index (χ4v) is 2.53. The van der Waals surface area contributed by atoms with Crippen LogP contribution >= 0.6 is 11.3 Å². The van der Waals surface area contributed by atoms with Crippen molar-refractivity contribution in [2.75, 3.05) is 11.9 Å². The molecule has 0 aliphatic rings. The van der Waals surface area contributed by atoms with E-state index in [0.29, 0.717) is 5.69 Å². The first-order chi connectivity index (χ1) is 11.2. The Morgan fingerprint density at radius 2 is 1.96 bits per heavy atom. The largest absolute Gasteiger partial charge is 0.453 e. The number of hydrogen-bond acceptors (Lipinski definition) is 6. The first kappa shape index (κ1) is 15.1. The van der Waals surface area contributed by atoms with Crippen molar-refractivity contribution in [3.8, 4) is 17.3 Å². The van der Waals surface area contributed by atoms with E-state index in [2.05, 4.69) is 20.3 Å². The number of thiazole rings is 1. The van der Waals surface area contributed by atoms with E-state index in [4.69, 9.17) is 4.74 Å². The van der Waals surface area contributed by atoms with Gasteiger partial charge in [0.15, 0.2) is 6.61 Å². The van der Waals surface area contributed by atoms with E-state index < -0.39 is 0 Å². The fourth-order valence-electron chi connectivity index (χ4n) is 1.91.